The normalized spacial score (nSPS) is 25.8. The van der Waals surface area contributed by atoms with Crippen LogP contribution >= 0.6 is 11.8 Å². The Labute approximate surface area is 103 Å². The van der Waals surface area contributed by atoms with Crippen molar-refractivity contribution in [1.29, 1.82) is 0 Å². The predicted octanol–water partition coefficient (Wildman–Crippen LogP) is 1.63. The minimum atomic E-state index is -0.158. The van der Waals surface area contributed by atoms with E-state index in [9.17, 15) is 4.79 Å². The zero-order chi connectivity index (χ0) is 12.2. The van der Waals surface area contributed by atoms with Crippen LogP contribution in [0.15, 0.2) is 0 Å². The smallest absolute Gasteiger partial charge is 0.227 e. The summed E-state index contributed by atoms with van der Waals surface area (Å²) in [5.41, 5.74) is -0.158. The molecular weight excluding hydrogens is 220 g/mol. The minimum absolute atomic E-state index is 0.122. The molecule has 0 radical (unpaired) electrons. The third kappa shape index (κ3) is 3.14. The third-order valence-electron chi connectivity index (χ3n) is 3.63. The van der Waals surface area contributed by atoms with E-state index in [0.29, 0.717) is 0 Å². The van der Waals surface area contributed by atoms with Crippen LogP contribution in [-0.4, -0.2) is 36.5 Å². The number of thioether (sulfide) groups is 1. The first-order chi connectivity index (χ1) is 7.46. The molecular formula is C12H24N2OS. The Hall–Kier alpha value is -0.220. The van der Waals surface area contributed by atoms with Crippen LogP contribution in [-0.2, 0) is 4.79 Å². The van der Waals surface area contributed by atoms with Crippen molar-refractivity contribution in [3.63, 3.8) is 0 Å². The Morgan fingerprint density at radius 1 is 1.56 bits per heavy atom. The number of carbonyl (C=O) groups is 1. The third-order valence-corrected chi connectivity index (χ3v) is 4.88. The van der Waals surface area contributed by atoms with Gasteiger partial charge in [0.1, 0.15) is 0 Å². The molecule has 2 N–H and O–H groups in total. The fourth-order valence-electron chi connectivity index (χ4n) is 1.95. The Kier molecular flexibility index (Phi) is 4.68. The summed E-state index contributed by atoms with van der Waals surface area (Å²) in [4.78, 5) is 12.2. The van der Waals surface area contributed by atoms with Crippen LogP contribution in [0.1, 0.15) is 33.6 Å². The second-order valence-corrected chi connectivity index (χ2v) is 6.72. The van der Waals surface area contributed by atoms with Crippen LogP contribution in [0, 0.1) is 5.41 Å². The van der Waals surface area contributed by atoms with Gasteiger partial charge in [-0.05, 0) is 39.5 Å². The van der Waals surface area contributed by atoms with Gasteiger partial charge in [-0.1, -0.05) is 6.92 Å². The van der Waals surface area contributed by atoms with Gasteiger partial charge in [0.15, 0.2) is 0 Å². The lowest BCUT2D eigenvalue weighted by atomic mass is 9.83. The van der Waals surface area contributed by atoms with Crippen LogP contribution < -0.4 is 10.6 Å². The summed E-state index contributed by atoms with van der Waals surface area (Å²) in [6.45, 7) is 8.95. The van der Waals surface area contributed by atoms with E-state index in [1.54, 1.807) is 11.8 Å². The molecule has 0 bridgehead atoms. The molecule has 1 rings (SSSR count). The average Bonchev–Trinajstić information content (AvgIpc) is 2.76. The minimum Gasteiger partial charge on any atom is -0.354 e. The number of rotatable bonds is 5. The van der Waals surface area contributed by atoms with Gasteiger partial charge in [0.05, 0.1) is 5.41 Å². The van der Waals surface area contributed by atoms with Gasteiger partial charge in [-0.25, -0.2) is 0 Å². The van der Waals surface area contributed by atoms with Crippen LogP contribution in [0.5, 0.6) is 0 Å². The highest BCUT2D eigenvalue weighted by Gasteiger charge is 2.39. The molecule has 1 atom stereocenters. The lowest BCUT2D eigenvalue weighted by molar-refractivity contribution is -0.130. The molecule has 0 aliphatic carbocycles. The quantitative estimate of drug-likeness (QED) is 0.772. The number of amides is 1. The second-order valence-electron chi connectivity index (χ2n) is 5.21. The van der Waals surface area contributed by atoms with Gasteiger partial charge in [-0.15, -0.1) is 0 Å². The Morgan fingerprint density at radius 3 is 2.69 bits per heavy atom. The van der Waals surface area contributed by atoms with Crippen molar-refractivity contribution >= 4 is 17.7 Å². The number of hydrogen-bond donors (Lipinski definition) is 2. The molecule has 0 aromatic carbocycles. The summed E-state index contributed by atoms with van der Waals surface area (Å²) >= 11 is 1.79. The fraction of sp³-hybridized carbons (Fsp3) is 0.917. The highest BCUT2D eigenvalue weighted by Crippen LogP contribution is 2.30. The molecule has 1 fully saturated rings. The first-order valence-electron chi connectivity index (χ1n) is 6.00. The average molecular weight is 244 g/mol. The van der Waals surface area contributed by atoms with E-state index in [1.807, 2.05) is 0 Å². The summed E-state index contributed by atoms with van der Waals surface area (Å²) < 4.78 is 0.122. The van der Waals surface area contributed by atoms with E-state index < -0.39 is 0 Å². The molecule has 94 valence electrons. The van der Waals surface area contributed by atoms with Gasteiger partial charge in [0.2, 0.25) is 5.91 Å². The van der Waals surface area contributed by atoms with E-state index in [1.165, 1.54) is 0 Å². The van der Waals surface area contributed by atoms with Crippen molar-refractivity contribution in [3.8, 4) is 0 Å². The summed E-state index contributed by atoms with van der Waals surface area (Å²) in [7, 11) is 0. The van der Waals surface area contributed by atoms with Crippen molar-refractivity contribution in [3.05, 3.63) is 0 Å². The lowest BCUT2D eigenvalue weighted by Gasteiger charge is -2.29. The zero-order valence-electron chi connectivity index (χ0n) is 10.9. The van der Waals surface area contributed by atoms with Crippen molar-refractivity contribution < 1.29 is 4.79 Å². The molecule has 1 aliphatic heterocycles. The van der Waals surface area contributed by atoms with Crippen molar-refractivity contribution in [1.82, 2.24) is 10.6 Å². The molecule has 1 saturated heterocycles. The number of nitrogens with one attached hydrogen (secondary N) is 2. The zero-order valence-corrected chi connectivity index (χ0v) is 11.7. The van der Waals surface area contributed by atoms with Gasteiger partial charge in [0, 0.05) is 17.8 Å². The highest BCUT2D eigenvalue weighted by atomic mass is 32.2. The molecule has 0 aromatic rings. The van der Waals surface area contributed by atoms with Gasteiger partial charge in [0.25, 0.3) is 0 Å². The molecule has 3 nitrogen and oxygen atoms in total. The Bertz CT molecular complexity index is 247. The molecule has 1 aliphatic rings. The van der Waals surface area contributed by atoms with Gasteiger partial charge >= 0.3 is 0 Å². The van der Waals surface area contributed by atoms with Crippen LogP contribution in [0.25, 0.3) is 0 Å². The molecule has 16 heavy (non-hydrogen) atoms. The van der Waals surface area contributed by atoms with E-state index in [2.05, 4.69) is 37.7 Å². The lowest BCUT2D eigenvalue weighted by Crippen LogP contribution is -2.46. The standard InChI is InChI=1S/C12H24N2OS/c1-5-12(6-7-13-9-12)10(15)14-8-11(2,3)16-4/h13H,5-9H2,1-4H3,(H,14,15). The van der Waals surface area contributed by atoms with Gasteiger partial charge in [-0.3, -0.25) is 4.79 Å². The monoisotopic (exact) mass is 244 g/mol. The summed E-state index contributed by atoms with van der Waals surface area (Å²) in [5.74, 6) is 0.224. The fourth-order valence-corrected chi connectivity index (χ4v) is 2.17. The molecule has 0 saturated carbocycles. The molecule has 1 heterocycles. The first kappa shape index (κ1) is 13.8. The predicted molar refractivity (Wildman–Crippen MR) is 70.8 cm³/mol. The van der Waals surface area contributed by atoms with E-state index in [0.717, 1.165) is 32.5 Å². The van der Waals surface area contributed by atoms with Crippen molar-refractivity contribution in [2.75, 3.05) is 25.9 Å². The van der Waals surface area contributed by atoms with E-state index in [4.69, 9.17) is 0 Å². The molecule has 0 spiro atoms. The van der Waals surface area contributed by atoms with Gasteiger partial charge < -0.3 is 10.6 Å². The SMILES string of the molecule is CCC1(C(=O)NCC(C)(C)SC)CCNC1. The topological polar surface area (TPSA) is 41.1 Å². The highest BCUT2D eigenvalue weighted by molar-refractivity contribution is 7.99. The molecule has 4 heteroatoms. The summed E-state index contributed by atoms with van der Waals surface area (Å²) in [6.07, 6.45) is 3.97. The van der Waals surface area contributed by atoms with Crippen LogP contribution in [0.3, 0.4) is 0 Å². The van der Waals surface area contributed by atoms with E-state index >= 15 is 0 Å². The Morgan fingerprint density at radius 2 is 2.25 bits per heavy atom. The largest absolute Gasteiger partial charge is 0.354 e. The maximum absolute atomic E-state index is 12.2. The molecule has 0 aromatic heterocycles. The van der Waals surface area contributed by atoms with Crippen molar-refractivity contribution in [2.24, 2.45) is 5.41 Å². The maximum Gasteiger partial charge on any atom is 0.227 e. The molecule has 1 amide bonds. The second kappa shape index (κ2) is 5.41. The van der Waals surface area contributed by atoms with E-state index in [-0.39, 0.29) is 16.1 Å². The van der Waals surface area contributed by atoms with Crippen LogP contribution in [0.4, 0.5) is 0 Å². The van der Waals surface area contributed by atoms with Crippen LogP contribution in [0.2, 0.25) is 0 Å². The summed E-state index contributed by atoms with van der Waals surface area (Å²) in [5, 5.41) is 6.40. The van der Waals surface area contributed by atoms with Crippen molar-refractivity contribution in [2.45, 2.75) is 38.4 Å². The number of hydrogen-bond acceptors (Lipinski definition) is 3. The number of carbonyl (C=O) groups excluding carboxylic acids is 1. The molecule has 1 unspecified atom stereocenters. The van der Waals surface area contributed by atoms with Gasteiger partial charge in [-0.2, -0.15) is 11.8 Å². The summed E-state index contributed by atoms with van der Waals surface area (Å²) in [6, 6.07) is 0. The first-order valence-corrected chi connectivity index (χ1v) is 7.22. The Balaban J connectivity index is 2.51. The maximum atomic E-state index is 12.2.